The van der Waals surface area contributed by atoms with Gasteiger partial charge in [0.15, 0.2) is 0 Å². The minimum absolute atomic E-state index is 0.139. The number of carbonyl (C=O) groups excluding carboxylic acids is 2. The van der Waals surface area contributed by atoms with E-state index in [4.69, 9.17) is 5.73 Å². The fraction of sp³-hybridized carbons (Fsp3) is 0.154. The fourth-order valence-corrected chi connectivity index (χ4v) is 2.37. The van der Waals surface area contributed by atoms with E-state index in [-0.39, 0.29) is 11.7 Å². The van der Waals surface area contributed by atoms with Crippen LogP contribution in [-0.4, -0.2) is 29.7 Å². The summed E-state index contributed by atoms with van der Waals surface area (Å²) in [6, 6.07) is 8.83. The average molecular weight is 276 g/mol. The first-order valence-electron chi connectivity index (χ1n) is 5.51. The predicted molar refractivity (Wildman–Crippen MR) is 73.0 cm³/mol. The Hall–Kier alpha value is -2.08. The SMILES string of the molecule is COC(=O)CSc1cc(C(N)=O)c2ccccc2n1. The molecule has 2 aromatic rings. The largest absolute Gasteiger partial charge is 0.468 e. The molecular formula is C13H12N2O3S. The van der Waals surface area contributed by atoms with Crippen molar-refractivity contribution in [3.63, 3.8) is 0 Å². The number of methoxy groups -OCH3 is 1. The zero-order chi connectivity index (χ0) is 13.8. The van der Waals surface area contributed by atoms with E-state index in [2.05, 4.69) is 9.72 Å². The van der Waals surface area contributed by atoms with Gasteiger partial charge in [0.05, 0.1) is 29.0 Å². The third-order valence-corrected chi connectivity index (χ3v) is 3.41. The fourth-order valence-electron chi connectivity index (χ4n) is 1.62. The van der Waals surface area contributed by atoms with Crippen LogP contribution in [0.15, 0.2) is 35.4 Å². The van der Waals surface area contributed by atoms with Crippen LogP contribution in [0.1, 0.15) is 10.4 Å². The molecule has 0 saturated carbocycles. The highest BCUT2D eigenvalue weighted by Crippen LogP contribution is 2.23. The van der Waals surface area contributed by atoms with Crippen molar-refractivity contribution in [2.45, 2.75) is 5.03 Å². The lowest BCUT2D eigenvalue weighted by Gasteiger charge is -2.06. The lowest BCUT2D eigenvalue weighted by Crippen LogP contribution is -2.12. The number of ether oxygens (including phenoxy) is 1. The van der Waals surface area contributed by atoms with Crippen molar-refractivity contribution in [1.82, 2.24) is 4.98 Å². The van der Waals surface area contributed by atoms with E-state index in [0.29, 0.717) is 21.5 Å². The van der Waals surface area contributed by atoms with E-state index in [1.807, 2.05) is 12.1 Å². The Labute approximate surface area is 114 Å². The molecule has 0 aliphatic carbocycles. The molecule has 2 N–H and O–H groups in total. The molecule has 98 valence electrons. The molecule has 1 aromatic carbocycles. The summed E-state index contributed by atoms with van der Waals surface area (Å²) in [5, 5.41) is 1.27. The molecule has 0 bridgehead atoms. The first-order valence-corrected chi connectivity index (χ1v) is 6.49. The van der Waals surface area contributed by atoms with Gasteiger partial charge in [-0.15, -0.1) is 0 Å². The van der Waals surface area contributed by atoms with E-state index in [1.54, 1.807) is 18.2 Å². The average Bonchev–Trinajstić information content (AvgIpc) is 2.43. The predicted octanol–water partition coefficient (Wildman–Crippen LogP) is 1.60. The van der Waals surface area contributed by atoms with Gasteiger partial charge in [-0.2, -0.15) is 0 Å². The molecule has 1 aromatic heterocycles. The molecule has 1 amide bonds. The van der Waals surface area contributed by atoms with Gasteiger partial charge in [-0.05, 0) is 12.1 Å². The van der Waals surface area contributed by atoms with Crippen molar-refractivity contribution < 1.29 is 14.3 Å². The zero-order valence-electron chi connectivity index (χ0n) is 10.3. The molecule has 0 saturated heterocycles. The first-order chi connectivity index (χ1) is 9.11. The number of fused-ring (bicyclic) bond motifs is 1. The van der Waals surface area contributed by atoms with Gasteiger partial charge in [0.2, 0.25) is 5.91 Å². The summed E-state index contributed by atoms with van der Waals surface area (Å²) in [5.41, 5.74) is 6.44. The van der Waals surface area contributed by atoms with Gasteiger partial charge >= 0.3 is 5.97 Å². The molecule has 0 unspecified atom stereocenters. The summed E-state index contributed by atoms with van der Waals surface area (Å²) < 4.78 is 4.56. The number of amides is 1. The Morgan fingerprint density at radius 2 is 2.11 bits per heavy atom. The van der Waals surface area contributed by atoms with Crippen LogP contribution in [0.4, 0.5) is 0 Å². The molecular weight excluding hydrogens is 264 g/mol. The van der Waals surface area contributed by atoms with Gasteiger partial charge in [-0.25, -0.2) is 4.98 Å². The van der Waals surface area contributed by atoms with E-state index < -0.39 is 5.91 Å². The van der Waals surface area contributed by atoms with Gasteiger partial charge < -0.3 is 10.5 Å². The van der Waals surface area contributed by atoms with Gasteiger partial charge in [0.25, 0.3) is 0 Å². The number of nitrogens with zero attached hydrogens (tertiary/aromatic N) is 1. The molecule has 19 heavy (non-hydrogen) atoms. The highest BCUT2D eigenvalue weighted by Gasteiger charge is 2.11. The van der Waals surface area contributed by atoms with Crippen LogP contribution >= 0.6 is 11.8 Å². The summed E-state index contributed by atoms with van der Waals surface area (Å²) in [5.74, 6) is -0.723. The summed E-state index contributed by atoms with van der Waals surface area (Å²) in [4.78, 5) is 26.9. The van der Waals surface area contributed by atoms with Crippen LogP contribution in [0.3, 0.4) is 0 Å². The van der Waals surface area contributed by atoms with Crippen molar-refractivity contribution in [3.8, 4) is 0 Å². The van der Waals surface area contributed by atoms with E-state index >= 15 is 0 Å². The number of carbonyl (C=O) groups is 2. The molecule has 0 aliphatic heterocycles. The van der Waals surface area contributed by atoms with E-state index in [0.717, 1.165) is 0 Å². The molecule has 0 aliphatic rings. The lowest BCUT2D eigenvalue weighted by molar-refractivity contribution is -0.137. The zero-order valence-corrected chi connectivity index (χ0v) is 11.1. The second-order valence-corrected chi connectivity index (χ2v) is 4.75. The molecule has 5 nitrogen and oxygen atoms in total. The van der Waals surface area contributed by atoms with Crippen LogP contribution in [0.25, 0.3) is 10.9 Å². The van der Waals surface area contributed by atoms with Crippen molar-refractivity contribution >= 4 is 34.5 Å². The molecule has 6 heteroatoms. The van der Waals surface area contributed by atoms with Crippen molar-refractivity contribution in [3.05, 3.63) is 35.9 Å². The summed E-state index contributed by atoms with van der Waals surface area (Å²) in [7, 11) is 1.32. The molecule has 0 atom stereocenters. The number of nitrogens with two attached hydrogens (primary N) is 1. The Balaban J connectivity index is 2.40. The van der Waals surface area contributed by atoms with Gasteiger partial charge in [0.1, 0.15) is 0 Å². The Kier molecular flexibility index (Phi) is 4.01. The second kappa shape index (κ2) is 5.71. The molecule has 0 spiro atoms. The van der Waals surface area contributed by atoms with Crippen LogP contribution in [0.5, 0.6) is 0 Å². The Morgan fingerprint density at radius 1 is 1.37 bits per heavy atom. The highest BCUT2D eigenvalue weighted by atomic mass is 32.2. The summed E-state index contributed by atoms with van der Waals surface area (Å²) >= 11 is 1.21. The number of pyridine rings is 1. The monoisotopic (exact) mass is 276 g/mol. The van der Waals surface area contributed by atoms with Crippen LogP contribution in [-0.2, 0) is 9.53 Å². The molecule has 0 fully saturated rings. The number of para-hydroxylation sites is 1. The lowest BCUT2D eigenvalue weighted by atomic mass is 10.1. The first kappa shape index (κ1) is 13.4. The van der Waals surface area contributed by atoms with E-state index in [9.17, 15) is 9.59 Å². The maximum absolute atomic E-state index is 11.5. The summed E-state index contributed by atoms with van der Waals surface area (Å²) in [6.07, 6.45) is 0. The number of primary amides is 1. The van der Waals surface area contributed by atoms with Gasteiger partial charge in [0, 0.05) is 5.39 Å². The third-order valence-electron chi connectivity index (χ3n) is 2.52. The normalized spacial score (nSPS) is 10.4. The van der Waals surface area contributed by atoms with Crippen molar-refractivity contribution in [1.29, 1.82) is 0 Å². The maximum atomic E-state index is 11.5. The number of rotatable bonds is 4. The minimum atomic E-state index is -0.515. The Bertz CT molecular complexity index is 643. The number of benzene rings is 1. The van der Waals surface area contributed by atoms with Gasteiger partial charge in [-0.3, -0.25) is 9.59 Å². The summed E-state index contributed by atoms with van der Waals surface area (Å²) in [6.45, 7) is 0. The van der Waals surface area contributed by atoms with Crippen LogP contribution in [0.2, 0.25) is 0 Å². The standard InChI is InChI=1S/C13H12N2O3S/c1-18-12(16)7-19-11-6-9(13(14)17)8-4-2-3-5-10(8)15-11/h2-6H,7H2,1H3,(H2,14,17). The molecule has 1 heterocycles. The number of hydrogen-bond acceptors (Lipinski definition) is 5. The minimum Gasteiger partial charge on any atom is -0.468 e. The molecule has 0 radical (unpaired) electrons. The van der Waals surface area contributed by atoms with Crippen molar-refractivity contribution in [2.75, 3.05) is 12.9 Å². The number of esters is 1. The number of hydrogen-bond donors (Lipinski definition) is 1. The maximum Gasteiger partial charge on any atom is 0.316 e. The quantitative estimate of drug-likeness (QED) is 0.677. The highest BCUT2D eigenvalue weighted by molar-refractivity contribution is 7.99. The Morgan fingerprint density at radius 3 is 2.79 bits per heavy atom. The van der Waals surface area contributed by atoms with Gasteiger partial charge in [-0.1, -0.05) is 30.0 Å². The number of aromatic nitrogens is 1. The molecule has 2 rings (SSSR count). The van der Waals surface area contributed by atoms with Crippen LogP contribution in [0, 0.1) is 0 Å². The number of thioether (sulfide) groups is 1. The smallest absolute Gasteiger partial charge is 0.316 e. The van der Waals surface area contributed by atoms with Crippen LogP contribution < -0.4 is 5.73 Å². The third kappa shape index (κ3) is 3.03. The second-order valence-electron chi connectivity index (χ2n) is 3.75. The van der Waals surface area contributed by atoms with E-state index in [1.165, 1.54) is 18.9 Å². The topological polar surface area (TPSA) is 82.3 Å². The van der Waals surface area contributed by atoms with Crippen molar-refractivity contribution in [2.24, 2.45) is 5.73 Å².